The lowest BCUT2D eigenvalue weighted by atomic mass is 9.91. The number of carbonyl (C=O) groups is 1. The molecule has 5 aromatic rings. The van der Waals surface area contributed by atoms with Crippen LogP contribution in [-0.4, -0.2) is 21.1 Å². The van der Waals surface area contributed by atoms with Gasteiger partial charge in [0.15, 0.2) is 0 Å². The lowest BCUT2D eigenvalue weighted by molar-refractivity contribution is 0.0999. The lowest BCUT2D eigenvalue weighted by Gasteiger charge is -2.19. The molecule has 2 aromatic carbocycles. The predicted molar refractivity (Wildman–Crippen MR) is 152 cm³/mol. The van der Waals surface area contributed by atoms with Gasteiger partial charge in [0.05, 0.1) is 22.5 Å². The number of benzene rings is 2. The first-order valence-corrected chi connectivity index (χ1v) is 13.9. The molecule has 0 aliphatic carbocycles. The van der Waals surface area contributed by atoms with Crippen LogP contribution in [0, 0.1) is 18.7 Å². The SMILES string of the molecule is Cc1nnc(-c2c(CCc3ccc(F)cc3)nc(CC(C)C)c(C(N)=O)c2-c2cc3cccc(Br)c3s2)o1. The molecule has 0 aliphatic rings. The van der Waals surface area contributed by atoms with Gasteiger partial charge in [-0.15, -0.1) is 21.5 Å². The Morgan fingerprint density at radius 1 is 1.08 bits per heavy atom. The van der Waals surface area contributed by atoms with Crippen molar-refractivity contribution in [2.45, 2.75) is 40.0 Å². The van der Waals surface area contributed by atoms with Crippen LogP contribution in [-0.2, 0) is 19.3 Å². The number of primary amides is 1. The van der Waals surface area contributed by atoms with E-state index in [9.17, 15) is 9.18 Å². The molecular weight excluding hydrogens is 567 g/mol. The number of amides is 1. The zero-order valence-corrected chi connectivity index (χ0v) is 23.6. The van der Waals surface area contributed by atoms with Crippen molar-refractivity contribution in [1.29, 1.82) is 0 Å². The van der Waals surface area contributed by atoms with Crippen LogP contribution >= 0.6 is 27.3 Å². The van der Waals surface area contributed by atoms with Crippen LogP contribution in [0.15, 0.2) is 57.4 Å². The molecule has 0 atom stereocenters. The maximum atomic E-state index is 13.5. The Labute approximate surface area is 232 Å². The second-order valence-corrected chi connectivity index (χ2v) is 11.5. The number of hydrogen-bond acceptors (Lipinski definition) is 6. The van der Waals surface area contributed by atoms with E-state index in [0.717, 1.165) is 30.7 Å². The first-order chi connectivity index (χ1) is 18.2. The van der Waals surface area contributed by atoms with Gasteiger partial charge in [-0.05, 0) is 76.3 Å². The van der Waals surface area contributed by atoms with E-state index in [0.29, 0.717) is 47.5 Å². The normalized spacial score (nSPS) is 11.5. The fourth-order valence-electron chi connectivity index (χ4n) is 4.61. The summed E-state index contributed by atoms with van der Waals surface area (Å²) in [4.78, 5) is 18.9. The number of pyridine rings is 1. The Morgan fingerprint density at radius 2 is 1.84 bits per heavy atom. The number of halogens is 2. The molecule has 0 saturated carbocycles. The summed E-state index contributed by atoms with van der Waals surface area (Å²) in [5.74, 6) is 0.0986. The Kier molecular flexibility index (Phi) is 7.40. The van der Waals surface area contributed by atoms with E-state index in [1.54, 1.807) is 30.4 Å². The van der Waals surface area contributed by atoms with Crippen LogP contribution in [0.1, 0.15) is 47.0 Å². The molecule has 0 radical (unpaired) electrons. The van der Waals surface area contributed by atoms with Gasteiger partial charge in [-0.25, -0.2) is 4.39 Å². The second kappa shape index (κ2) is 10.7. The standard InChI is InChI=1S/C29H26BrFN4O2S/c1-15(2)13-22-24(28(32)36)26(23-14-18-5-4-6-20(30)27(18)38-23)25(29-35-34-16(3)37-29)21(33-22)12-9-17-7-10-19(31)11-8-17/h4-8,10-11,14-15H,9,12-13H2,1-3H3,(H2,32,36). The number of aryl methyl sites for hydroxylation is 3. The van der Waals surface area contributed by atoms with Crippen molar-refractivity contribution < 1.29 is 13.6 Å². The van der Waals surface area contributed by atoms with Gasteiger partial charge in [0.1, 0.15) is 5.82 Å². The minimum atomic E-state index is -0.553. The lowest BCUT2D eigenvalue weighted by Crippen LogP contribution is -2.20. The summed E-state index contributed by atoms with van der Waals surface area (Å²) in [6, 6.07) is 14.5. The smallest absolute Gasteiger partial charge is 0.251 e. The van der Waals surface area contributed by atoms with Crippen LogP contribution in [0.3, 0.4) is 0 Å². The molecule has 0 bridgehead atoms. The Balaban J connectivity index is 1.80. The highest BCUT2D eigenvalue weighted by atomic mass is 79.9. The van der Waals surface area contributed by atoms with E-state index in [4.69, 9.17) is 15.1 Å². The molecule has 3 heterocycles. The molecule has 0 saturated heterocycles. The second-order valence-electron chi connectivity index (χ2n) is 9.61. The average molecular weight is 594 g/mol. The highest BCUT2D eigenvalue weighted by Gasteiger charge is 2.29. The molecule has 6 nitrogen and oxygen atoms in total. The first kappa shape index (κ1) is 26.2. The summed E-state index contributed by atoms with van der Waals surface area (Å²) >= 11 is 5.22. The number of nitrogens with zero attached hydrogens (tertiary/aromatic N) is 3. The zero-order valence-electron chi connectivity index (χ0n) is 21.2. The van der Waals surface area contributed by atoms with Crippen molar-refractivity contribution in [3.63, 3.8) is 0 Å². The molecule has 0 fully saturated rings. The number of rotatable bonds is 8. The Morgan fingerprint density at radius 3 is 2.47 bits per heavy atom. The minimum Gasteiger partial charge on any atom is -0.421 e. The number of nitrogens with two attached hydrogens (primary N) is 1. The van der Waals surface area contributed by atoms with Gasteiger partial charge >= 0.3 is 0 Å². The van der Waals surface area contributed by atoms with Crippen molar-refractivity contribution in [2.75, 3.05) is 0 Å². The van der Waals surface area contributed by atoms with Crippen molar-refractivity contribution in [2.24, 2.45) is 11.7 Å². The summed E-state index contributed by atoms with van der Waals surface area (Å²) in [6.45, 7) is 5.88. The van der Waals surface area contributed by atoms with Crippen LogP contribution in [0.5, 0.6) is 0 Å². The Hall–Kier alpha value is -3.43. The Bertz CT molecular complexity index is 1640. The molecule has 3 aromatic heterocycles. The van der Waals surface area contributed by atoms with Crippen LogP contribution in [0.2, 0.25) is 0 Å². The van der Waals surface area contributed by atoms with Gasteiger partial charge in [-0.3, -0.25) is 9.78 Å². The summed E-state index contributed by atoms with van der Waals surface area (Å²) < 4.78 is 21.5. The van der Waals surface area contributed by atoms with Gasteiger partial charge in [-0.1, -0.05) is 38.1 Å². The third-order valence-corrected chi connectivity index (χ3v) is 8.37. The van der Waals surface area contributed by atoms with Crippen molar-refractivity contribution in [3.8, 4) is 21.9 Å². The van der Waals surface area contributed by atoms with Crippen molar-refractivity contribution in [1.82, 2.24) is 15.2 Å². The van der Waals surface area contributed by atoms with E-state index < -0.39 is 5.91 Å². The van der Waals surface area contributed by atoms with Gasteiger partial charge in [-0.2, -0.15) is 0 Å². The maximum Gasteiger partial charge on any atom is 0.251 e. The topological polar surface area (TPSA) is 94.9 Å². The van der Waals surface area contributed by atoms with Gasteiger partial charge in [0, 0.05) is 26.5 Å². The number of thiophene rings is 1. The number of carbonyl (C=O) groups excluding carboxylic acids is 1. The van der Waals surface area contributed by atoms with Crippen LogP contribution < -0.4 is 5.73 Å². The molecule has 38 heavy (non-hydrogen) atoms. The van der Waals surface area contributed by atoms with E-state index in [1.807, 2.05) is 18.2 Å². The van der Waals surface area contributed by atoms with Gasteiger partial charge in [0.2, 0.25) is 11.8 Å². The van der Waals surface area contributed by atoms with E-state index in [-0.39, 0.29) is 17.6 Å². The molecular formula is C29H26BrFN4O2S. The average Bonchev–Trinajstić information content (AvgIpc) is 3.49. The van der Waals surface area contributed by atoms with E-state index in [1.165, 1.54) is 12.1 Å². The molecule has 0 unspecified atom stereocenters. The van der Waals surface area contributed by atoms with E-state index >= 15 is 0 Å². The number of aromatic nitrogens is 3. The molecule has 9 heteroatoms. The van der Waals surface area contributed by atoms with Crippen LogP contribution in [0.4, 0.5) is 4.39 Å². The van der Waals surface area contributed by atoms with Gasteiger partial charge in [0.25, 0.3) is 5.91 Å². The van der Waals surface area contributed by atoms with Crippen molar-refractivity contribution >= 4 is 43.3 Å². The largest absolute Gasteiger partial charge is 0.421 e. The van der Waals surface area contributed by atoms with Gasteiger partial charge < -0.3 is 10.2 Å². The predicted octanol–water partition coefficient (Wildman–Crippen LogP) is 7.31. The fourth-order valence-corrected chi connectivity index (χ4v) is 6.35. The summed E-state index contributed by atoms with van der Waals surface area (Å²) in [5, 5.41) is 9.43. The molecule has 194 valence electrons. The maximum absolute atomic E-state index is 13.5. The number of fused-ring (bicyclic) bond motifs is 1. The zero-order chi connectivity index (χ0) is 27.0. The highest BCUT2D eigenvalue weighted by molar-refractivity contribution is 9.10. The fraction of sp³-hybridized carbons (Fsp3) is 0.241. The monoisotopic (exact) mass is 592 g/mol. The quantitative estimate of drug-likeness (QED) is 0.204. The molecule has 5 rings (SSSR count). The molecule has 1 amide bonds. The molecule has 0 spiro atoms. The van der Waals surface area contributed by atoms with Crippen molar-refractivity contribution in [3.05, 3.63) is 87.2 Å². The summed E-state index contributed by atoms with van der Waals surface area (Å²) in [7, 11) is 0. The molecule has 2 N–H and O–H groups in total. The van der Waals surface area contributed by atoms with Crippen LogP contribution in [0.25, 0.3) is 32.0 Å². The number of hydrogen-bond donors (Lipinski definition) is 1. The molecule has 0 aliphatic heterocycles. The highest BCUT2D eigenvalue weighted by Crippen LogP contribution is 2.44. The third-order valence-electron chi connectivity index (χ3n) is 6.24. The third kappa shape index (κ3) is 5.26. The summed E-state index contributed by atoms with van der Waals surface area (Å²) in [5.41, 5.74) is 10.0. The minimum absolute atomic E-state index is 0.242. The van der Waals surface area contributed by atoms with E-state index in [2.05, 4.69) is 46.0 Å². The first-order valence-electron chi connectivity index (χ1n) is 12.3. The summed E-state index contributed by atoms with van der Waals surface area (Å²) in [6.07, 6.45) is 1.71.